The Morgan fingerprint density at radius 3 is 1.77 bits per heavy atom. The molecule has 0 saturated carbocycles. The summed E-state index contributed by atoms with van der Waals surface area (Å²) >= 11 is 0. The van der Waals surface area contributed by atoms with Gasteiger partial charge in [-0.05, 0) is 162 Å². The highest BCUT2D eigenvalue weighted by Gasteiger charge is 2.31. The molecule has 2 N–H and O–H groups in total. The lowest BCUT2D eigenvalue weighted by Gasteiger charge is -2.33. The first-order chi connectivity index (χ1) is 31.6. The number of anilines is 2. The average molecular weight is 871 g/mol. The minimum absolute atomic E-state index is 0.156. The smallest absolute Gasteiger partial charge is 0.0533 e. The fourth-order valence-corrected chi connectivity index (χ4v) is 9.18. The topological polar surface area (TPSA) is 53.2 Å². The standard InChI is InChI=1S/C45H43N3.C11H16.C4H6.C2H5N/c1-29-27-32-13-14-33-28-39-36-11-7-8-12-40(36)48(26-10-6-9-25-46-5)44(39)38-24-23-37(41(32)42(33)38)43(29)47-35-21-17-31(18-22-35)30-15-19-34(20-16-30)45(2,3)4;1-9-5-7-10(8-6-9)11(2,3)4;1-3-4-2;1-2-3/h6-12,15-22,25,27-28,47H,5,13-14,23-24,26H2,1-4H3;5-8H,1-4H3;3-4H,1-2H2;2-3H,1H3/b10-6-,25-9-;;;. The molecular weight excluding hydrogens is 801 g/mol. The molecule has 66 heavy (non-hydrogen) atoms. The minimum atomic E-state index is 0.156. The first-order valence-corrected chi connectivity index (χ1v) is 23.4. The molecule has 6 aromatic carbocycles. The lowest BCUT2D eigenvalue weighted by Crippen LogP contribution is -2.17. The van der Waals surface area contributed by atoms with E-state index in [0.717, 1.165) is 37.9 Å². The Kier molecular flexibility index (Phi) is 15.8. The molecule has 338 valence electrons. The maximum Gasteiger partial charge on any atom is 0.0533 e. The summed E-state index contributed by atoms with van der Waals surface area (Å²) in [5.41, 5.74) is 22.4. The molecule has 0 bridgehead atoms. The highest BCUT2D eigenvalue weighted by atomic mass is 15.0. The first-order valence-electron chi connectivity index (χ1n) is 23.4. The second kappa shape index (κ2) is 21.5. The number of fused-ring (bicyclic) bond motifs is 4. The van der Waals surface area contributed by atoms with E-state index in [4.69, 9.17) is 5.41 Å². The maximum atomic E-state index is 6.08. The summed E-state index contributed by atoms with van der Waals surface area (Å²) < 4.78 is 2.52. The van der Waals surface area contributed by atoms with E-state index in [1.165, 1.54) is 100 Å². The molecule has 2 aliphatic rings. The molecule has 1 heterocycles. The summed E-state index contributed by atoms with van der Waals surface area (Å²) in [6.07, 6.45) is 16.7. The zero-order valence-corrected chi connectivity index (χ0v) is 41.0. The fraction of sp³-hybridized carbons (Fsp3) is 0.258. The van der Waals surface area contributed by atoms with Crippen LogP contribution in [0.25, 0.3) is 44.1 Å². The van der Waals surface area contributed by atoms with Crippen molar-refractivity contribution in [1.82, 2.24) is 4.57 Å². The van der Waals surface area contributed by atoms with Gasteiger partial charge in [-0.15, -0.1) is 0 Å². The van der Waals surface area contributed by atoms with Crippen LogP contribution in [-0.4, -0.2) is 17.5 Å². The Balaban J connectivity index is 0.000000338. The van der Waals surface area contributed by atoms with Crippen LogP contribution in [0.5, 0.6) is 0 Å². The van der Waals surface area contributed by atoms with Gasteiger partial charge in [-0.2, -0.15) is 0 Å². The largest absolute Gasteiger partial charge is 0.355 e. The monoisotopic (exact) mass is 871 g/mol. The zero-order chi connectivity index (χ0) is 47.6. The van der Waals surface area contributed by atoms with Crippen LogP contribution in [0, 0.1) is 19.3 Å². The zero-order valence-electron chi connectivity index (χ0n) is 41.0. The van der Waals surface area contributed by atoms with Crippen molar-refractivity contribution in [1.29, 1.82) is 5.41 Å². The molecule has 0 amide bonds. The van der Waals surface area contributed by atoms with Crippen molar-refractivity contribution < 1.29 is 0 Å². The van der Waals surface area contributed by atoms with Gasteiger partial charge in [0, 0.05) is 40.4 Å². The van der Waals surface area contributed by atoms with E-state index >= 15 is 0 Å². The second-order valence-electron chi connectivity index (χ2n) is 19.4. The van der Waals surface area contributed by atoms with Gasteiger partial charge in [0.05, 0.1) is 5.52 Å². The molecule has 0 spiro atoms. The summed E-state index contributed by atoms with van der Waals surface area (Å²) in [5, 5.41) is 12.7. The Morgan fingerprint density at radius 1 is 0.667 bits per heavy atom. The number of benzene rings is 6. The van der Waals surface area contributed by atoms with Gasteiger partial charge < -0.3 is 15.3 Å². The van der Waals surface area contributed by atoms with Crippen molar-refractivity contribution >= 4 is 46.1 Å². The van der Waals surface area contributed by atoms with Gasteiger partial charge in [0.2, 0.25) is 0 Å². The first kappa shape index (κ1) is 48.7. The van der Waals surface area contributed by atoms with Crippen LogP contribution < -0.4 is 5.32 Å². The molecule has 0 saturated heterocycles. The van der Waals surface area contributed by atoms with E-state index in [2.05, 4.69) is 211 Å². The lowest BCUT2D eigenvalue weighted by molar-refractivity contribution is 0.590. The lowest BCUT2D eigenvalue weighted by atomic mass is 9.73. The third-order valence-corrected chi connectivity index (χ3v) is 12.5. The van der Waals surface area contributed by atoms with Crippen LogP contribution in [0.2, 0.25) is 0 Å². The molecule has 0 fully saturated rings. The van der Waals surface area contributed by atoms with Crippen LogP contribution >= 0.6 is 0 Å². The van der Waals surface area contributed by atoms with E-state index in [1.54, 1.807) is 25.3 Å². The predicted molar refractivity (Wildman–Crippen MR) is 291 cm³/mol. The molecule has 0 atom stereocenters. The maximum absolute atomic E-state index is 6.08. The van der Waals surface area contributed by atoms with Crippen LogP contribution in [0.4, 0.5) is 11.4 Å². The molecule has 1 aromatic heterocycles. The van der Waals surface area contributed by atoms with Crippen molar-refractivity contribution in [2.75, 3.05) is 5.32 Å². The molecule has 0 aliphatic heterocycles. The average Bonchev–Trinajstić information content (AvgIpc) is 3.62. The predicted octanol–water partition coefficient (Wildman–Crippen LogP) is 16.8. The number of aromatic nitrogens is 1. The summed E-state index contributed by atoms with van der Waals surface area (Å²) in [4.78, 5) is 3.84. The van der Waals surface area contributed by atoms with Gasteiger partial charge in [0.1, 0.15) is 0 Å². The minimum Gasteiger partial charge on any atom is -0.355 e. The fourth-order valence-electron chi connectivity index (χ4n) is 9.18. The van der Waals surface area contributed by atoms with Gasteiger partial charge >= 0.3 is 0 Å². The van der Waals surface area contributed by atoms with Gasteiger partial charge in [-0.1, -0.05) is 169 Å². The number of rotatable bonds is 8. The molecule has 0 unspecified atom stereocenters. The van der Waals surface area contributed by atoms with Gasteiger partial charge in [0.15, 0.2) is 0 Å². The molecular formula is C62H70N4. The SMILES string of the molecule is C=CC=C.C=N/C=C\C=C/Cn1c2ccccc2c2cc3c4c(c21)CCc1c(Nc2ccc(-c5ccc(C(C)(C)C)cc5)cc2)c(C)cc(c1-4)CC3.CC=N.Cc1ccc(C(C)(C)C)cc1. The van der Waals surface area contributed by atoms with Crippen LogP contribution in [0.3, 0.4) is 0 Å². The van der Waals surface area contributed by atoms with Crippen molar-refractivity contribution in [3.8, 4) is 22.3 Å². The molecule has 7 aromatic rings. The Morgan fingerprint density at radius 2 is 1.20 bits per heavy atom. The number of aliphatic imine (C=N–C) groups is 1. The molecule has 4 nitrogen and oxygen atoms in total. The van der Waals surface area contributed by atoms with E-state index in [9.17, 15) is 0 Å². The number of allylic oxidation sites excluding steroid dienone is 5. The second-order valence-corrected chi connectivity index (χ2v) is 19.4. The van der Waals surface area contributed by atoms with E-state index in [0.29, 0.717) is 0 Å². The summed E-state index contributed by atoms with van der Waals surface area (Å²) in [6.45, 7) is 30.6. The van der Waals surface area contributed by atoms with E-state index < -0.39 is 0 Å². The van der Waals surface area contributed by atoms with Gasteiger partial charge in [0.25, 0.3) is 0 Å². The Labute approximate surface area is 395 Å². The van der Waals surface area contributed by atoms with Crippen molar-refractivity contribution in [3.05, 3.63) is 203 Å². The van der Waals surface area contributed by atoms with Gasteiger partial charge in [-0.25, -0.2) is 0 Å². The normalized spacial score (nSPS) is 12.6. The Bertz CT molecular complexity index is 2880. The molecule has 4 heteroatoms. The van der Waals surface area contributed by atoms with E-state index in [1.807, 2.05) is 6.08 Å². The highest BCUT2D eigenvalue weighted by Crippen LogP contribution is 2.50. The van der Waals surface area contributed by atoms with Crippen molar-refractivity contribution in [3.63, 3.8) is 0 Å². The van der Waals surface area contributed by atoms with Crippen molar-refractivity contribution in [2.45, 2.75) is 105 Å². The van der Waals surface area contributed by atoms with E-state index in [-0.39, 0.29) is 10.8 Å². The van der Waals surface area contributed by atoms with Gasteiger partial charge in [-0.3, -0.25) is 4.99 Å². The third kappa shape index (κ3) is 11.0. The number of nitrogens with one attached hydrogen (secondary N) is 2. The molecule has 0 radical (unpaired) electrons. The number of hydrogen-bond donors (Lipinski definition) is 2. The number of aryl methyl sites for hydroxylation is 5. The van der Waals surface area contributed by atoms with Crippen LogP contribution in [0.1, 0.15) is 93.0 Å². The Hall–Kier alpha value is -6.78. The number of para-hydroxylation sites is 1. The summed E-state index contributed by atoms with van der Waals surface area (Å²) in [7, 11) is 0. The third-order valence-electron chi connectivity index (χ3n) is 12.5. The van der Waals surface area contributed by atoms with Crippen LogP contribution in [0.15, 0.2) is 164 Å². The highest BCUT2D eigenvalue weighted by molar-refractivity contribution is 6.12. The summed E-state index contributed by atoms with van der Waals surface area (Å²) in [6, 6.07) is 40.6. The quantitative estimate of drug-likeness (QED) is 0.116. The molecule has 9 rings (SSSR count). The number of nitrogens with zero attached hydrogens (tertiary/aromatic N) is 2. The van der Waals surface area contributed by atoms with Crippen LogP contribution in [-0.2, 0) is 43.1 Å². The number of hydrogen-bond acceptors (Lipinski definition) is 3. The molecule has 2 aliphatic carbocycles. The summed E-state index contributed by atoms with van der Waals surface area (Å²) in [5.74, 6) is 0. The van der Waals surface area contributed by atoms with Crippen molar-refractivity contribution in [2.24, 2.45) is 4.99 Å².